The van der Waals surface area contributed by atoms with Crippen LogP contribution in [0.25, 0.3) is 0 Å². The van der Waals surface area contributed by atoms with Gasteiger partial charge in [0.05, 0.1) is 0 Å². The van der Waals surface area contributed by atoms with Crippen molar-refractivity contribution < 1.29 is 0 Å². The van der Waals surface area contributed by atoms with E-state index in [1.165, 1.54) is 52.0 Å². The monoisotopic (exact) mass is 200 g/mol. The summed E-state index contributed by atoms with van der Waals surface area (Å²) in [4.78, 5) is 4.79. The second-order valence-electron chi connectivity index (χ2n) is 3.80. The van der Waals surface area contributed by atoms with Crippen LogP contribution in [0, 0.1) is 0 Å². The average Bonchev–Trinajstić information content (AvgIpc) is 2.71. The third-order valence-corrected chi connectivity index (χ3v) is 2.73. The van der Waals surface area contributed by atoms with E-state index in [2.05, 4.69) is 23.8 Å². The molecule has 2 aliphatic rings. The van der Waals surface area contributed by atoms with Gasteiger partial charge in [-0.15, -0.1) is 0 Å². The largest absolute Gasteiger partial charge is 0.306 e. The molecule has 2 heterocycles. The van der Waals surface area contributed by atoms with Crippen molar-refractivity contribution in [2.45, 2.75) is 40.0 Å². The van der Waals surface area contributed by atoms with Crippen molar-refractivity contribution in [2.75, 3.05) is 39.8 Å². The van der Waals surface area contributed by atoms with Crippen molar-refractivity contribution in [3.05, 3.63) is 0 Å². The van der Waals surface area contributed by atoms with Gasteiger partial charge >= 0.3 is 0 Å². The molecule has 0 aromatic heterocycles. The molecular weight excluding hydrogens is 172 g/mol. The first-order chi connectivity index (χ1) is 6.83. The molecule has 86 valence electrons. The van der Waals surface area contributed by atoms with Crippen LogP contribution >= 0.6 is 0 Å². The lowest BCUT2D eigenvalue weighted by atomic mass is 10.3. The fourth-order valence-electron chi connectivity index (χ4n) is 1.57. The minimum absolute atomic E-state index is 1.25. The Morgan fingerprint density at radius 2 is 1.29 bits per heavy atom. The maximum absolute atomic E-state index is 2.49. The summed E-state index contributed by atoms with van der Waals surface area (Å²) in [7, 11) is 2.14. The van der Waals surface area contributed by atoms with Gasteiger partial charge in [-0.05, 0) is 59.0 Å². The van der Waals surface area contributed by atoms with Crippen molar-refractivity contribution >= 4 is 0 Å². The van der Waals surface area contributed by atoms with Gasteiger partial charge in [0.1, 0.15) is 0 Å². The first kappa shape index (κ1) is 13.9. The summed E-state index contributed by atoms with van der Waals surface area (Å²) >= 11 is 0. The molecule has 0 amide bonds. The van der Waals surface area contributed by atoms with Gasteiger partial charge in [0.2, 0.25) is 0 Å². The topological polar surface area (TPSA) is 6.48 Å². The van der Waals surface area contributed by atoms with Crippen LogP contribution in [0.15, 0.2) is 0 Å². The molecule has 2 fully saturated rings. The van der Waals surface area contributed by atoms with Crippen molar-refractivity contribution in [1.29, 1.82) is 0 Å². The van der Waals surface area contributed by atoms with E-state index in [0.717, 1.165) is 0 Å². The maximum Gasteiger partial charge on any atom is -0.000959 e. The second-order valence-corrected chi connectivity index (χ2v) is 3.80. The van der Waals surface area contributed by atoms with Crippen LogP contribution in [0.5, 0.6) is 0 Å². The van der Waals surface area contributed by atoms with Crippen molar-refractivity contribution in [1.82, 2.24) is 9.80 Å². The third-order valence-electron chi connectivity index (χ3n) is 2.73. The van der Waals surface area contributed by atoms with Gasteiger partial charge in [-0.25, -0.2) is 0 Å². The van der Waals surface area contributed by atoms with Crippen LogP contribution in [0.3, 0.4) is 0 Å². The summed E-state index contributed by atoms with van der Waals surface area (Å²) in [5.41, 5.74) is 0. The van der Waals surface area contributed by atoms with E-state index in [1.807, 2.05) is 13.8 Å². The Morgan fingerprint density at radius 1 is 0.857 bits per heavy atom. The first-order valence-electron chi connectivity index (χ1n) is 6.24. The Labute approximate surface area is 90.3 Å². The van der Waals surface area contributed by atoms with Crippen LogP contribution < -0.4 is 0 Å². The smallest absolute Gasteiger partial charge is 0.000959 e. The Kier molecular flexibility index (Phi) is 9.42. The van der Waals surface area contributed by atoms with Gasteiger partial charge in [-0.2, -0.15) is 0 Å². The minimum Gasteiger partial charge on any atom is -0.306 e. The van der Waals surface area contributed by atoms with E-state index < -0.39 is 0 Å². The molecule has 2 heteroatoms. The third kappa shape index (κ3) is 6.39. The van der Waals surface area contributed by atoms with Crippen LogP contribution in [-0.4, -0.2) is 49.6 Å². The number of likely N-dealkylation sites (tertiary alicyclic amines) is 2. The predicted molar refractivity (Wildman–Crippen MR) is 64.8 cm³/mol. The number of hydrogen-bond acceptors (Lipinski definition) is 2. The van der Waals surface area contributed by atoms with Crippen LogP contribution in [0.4, 0.5) is 0 Å². The summed E-state index contributed by atoms with van der Waals surface area (Å²) in [6.45, 7) is 12.8. The summed E-state index contributed by atoms with van der Waals surface area (Å²) < 4.78 is 0. The van der Waals surface area contributed by atoms with Crippen molar-refractivity contribution in [2.24, 2.45) is 0 Å². The summed E-state index contributed by atoms with van der Waals surface area (Å²) in [6, 6.07) is 0. The highest BCUT2D eigenvalue weighted by molar-refractivity contribution is 4.62. The molecule has 2 saturated heterocycles. The lowest BCUT2D eigenvalue weighted by molar-refractivity contribution is 0.229. The zero-order valence-corrected chi connectivity index (χ0v) is 10.6. The van der Waals surface area contributed by atoms with E-state index in [4.69, 9.17) is 0 Å². The Morgan fingerprint density at radius 3 is 1.43 bits per heavy atom. The summed E-state index contributed by atoms with van der Waals surface area (Å²) in [6.07, 6.45) is 4.26. The molecule has 0 N–H and O–H groups in total. The molecule has 0 radical (unpaired) electrons. The average molecular weight is 200 g/mol. The molecule has 2 rings (SSSR count). The Hall–Kier alpha value is -0.0800. The van der Waals surface area contributed by atoms with E-state index in [-0.39, 0.29) is 0 Å². The first-order valence-corrected chi connectivity index (χ1v) is 6.24. The van der Waals surface area contributed by atoms with Crippen LogP contribution in [0.1, 0.15) is 40.0 Å². The van der Waals surface area contributed by atoms with Gasteiger partial charge in [0.15, 0.2) is 0 Å². The van der Waals surface area contributed by atoms with Gasteiger partial charge in [-0.1, -0.05) is 20.8 Å². The van der Waals surface area contributed by atoms with Gasteiger partial charge in [0.25, 0.3) is 0 Å². The summed E-state index contributed by atoms with van der Waals surface area (Å²) in [5, 5.41) is 0. The molecule has 2 aliphatic heterocycles. The predicted octanol–water partition coefficient (Wildman–Crippen LogP) is 2.45. The quantitative estimate of drug-likeness (QED) is 0.641. The lowest BCUT2D eigenvalue weighted by Crippen LogP contribution is -2.32. The standard InChI is InChI=1S/C6H13N.C4H9N.C2H6/c1-2-7-5-3-4-6-7;1-5-3-2-4-5;1-2/h2-6H2,1H3;2-4H2,1H3;1-2H3. The van der Waals surface area contributed by atoms with Gasteiger partial charge in [-0.3, -0.25) is 0 Å². The number of nitrogens with zero attached hydrogens (tertiary/aromatic N) is 2. The normalized spacial score (nSPS) is 21.4. The highest BCUT2D eigenvalue weighted by atomic mass is 15.1. The maximum atomic E-state index is 2.49. The number of hydrogen-bond donors (Lipinski definition) is 0. The van der Waals surface area contributed by atoms with Gasteiger partial charge in [0, 0.05) is 0 Å². The molecular formula is C12H28N2. The van der Waals surface area contributed by atoms with E-state index in [0.29, 0.717) is 0 Å². The van der Waals surface area contributed by atoms with Gasteiger partial charge < -0.3 is 9.80 Å². The molecule has 0 aromatic rings. The molecule has 2 nitrogen and oxygen atoms in total. The molecule has 0 aromatic carbocycles. The molecule has 14 heavy (non-hydrogen) atoms. The zero-order chi connectivity index (χ0) is 10.8. The Bertz CT molecular complexity index is 105. The Balaban J connectivity index is 0.000000213. The molecule has 0 aliphatic carbocycles. The molecule has 0 bridgehead atoms. The minimum atomic E-state index is 1.25. The second kappa shape index (κ2) is 9.47. The van der Waals surface area contributed by atoms with Crippen LogP contribution in [0.2, 0.25) is 0 Å². The van der Waals surface area contributed by atoms with E-state index in [9.17, 15) is 0 Å². The molecule has 0 unspecified atom stereocenters. The number of rotatable bonds is 1. The molecule has 0 atom stereocenters. The lowest BCUT2D eigenvalue weighted by Gasteiger charge is -2.24. The highest BCUT2D eigenvalue weighted by Crippen LogP contribution is 2.04. The fraction of sp³-hybridized carbons (Fsp3) is 1.00. The van der Waals surface area contributed by atoms with Crippen molar-refractivity contribution in [3.8, 4) is 0 Å². The molecule has 0 saturated carbocycles. The van der Waals surface area contributed by atoms with E-state index >= 15 is 0 Å². The summed E-state index contributed by atoms with van der Waals surface area (Å²) in [5.74, 6) is 0. The fourth-order valence-corrected chi connectivity index (χ4v) is 1.57. The zero-order valence-electron chi connectivity index (χ0n) is 10.6. The molecule has 0 spiro atoms. The van der Waals surface area contributed by atoms with Crippen molar-refractivity contribution in [3.63, 3.8) is 0 Å². The van der Waals surface area contributed by atoms with Crippen LogP contribution in [-0.2, 0) is 0 Å². The SMILES string of the molecule is CC.CCN1CCCC1.CN1CCC1. The van der Waals surface area contributed by atoms with E-state index in [1.54, 1.807) is 0 Å². The highest BCUT2D eigenvalue weighted by Gasteiger charge is 2.06.